The standard InChI is InChI=1S/C16H20N2O3/c1-19-15-3-2-13(16-10-17-11-21-16)8-14(15)18-9-12-4-6-20-7-5-12/h2-3,8,10-12,18H,4-7,9H2,1H3. The second-order valence-electron chi connectivity index (χ2n) is 5.22. The van der Waals surface area contributed by atoms with Crippen LogP contribution in [-0.2, 0) is 4.74 Å². The minimum Gasteiger partial charge on any atom is -0.495 e. The van der Waals surface area contributed by atoms with E-state index in [1.807, 2.05) is 18.2 Å². The van der Waals surface area contributed by atoms with Crippen molar-refractivity contribution >= 4 is 5.69 Å². The monoisotopic (exact) mass is 288 g/mol. The van der Waals surface area contributed by atoms with Crippen molar-refractivity contribution < 1.29 is 13.9 Å². The molecule has 1 N–H and O–H groups in total. The molecule has 1 saturated heterocycles. The molecule has 1 aliphatic heterocycles. The maximum Gasteiger partial charge on any atom is 0.181 e. The summed E-state index contributed by atoms with van der Waals surface area (Å²) in [6, 6.07) is 5.96. The molecule has 21 heavy (non-hydrogen) atoms. The molecule has 0 atom stereocenters. The lowest BCUT2D eigenvalue weighted by molar-refractivity contribution is 0.0699. The Kier molecular flexibility index (Phi) is 4.40. The van der Waals surface area contributed by atoms with E-state index in [1.165, 1.54) is 6.39 Å². The van der Waals surface area contributed by atoms with Crippen molar-refractivity contribution in [1.29, 1.82) is 0 Å². The molecule has 0 spiro atoms. The van der Waals surface area contributed by atoms with Crippen molar-refractivity contribution in [3.63, 3.8) is 0 Å². The summed E-state index contributed by atoms with van der Waals surface area (Å²) in [5, 5.41) is 3.49. The average Bonchev–Trinajstić information content (AvgIpc) is 3.08. The van der Waals surface area contributed by atoms with Gasteiger partial charge in [-0.15, -0.1) is 0 Å². The summed E-state index contributed by atoms with van der Waals surface area (Å²) in [7, 11) is 1.68. The van der Waals surface area contributed by atoms with Gasteiger partial charge < -0.3 is 19.2 Å². The highest BCUT2D eigenvalue weighted by atomic mass is 16.5. The Hall–Kier alpha value is -2.01. The number of rotatable bonds is 5. The van der Waals surface area contributed by atoms with Crippen molar-refractivity contribution in [3.05, 3.63) is 30.8 Å². The van der Waals surface area contributed by atoms with E-state index >= 15 is 0 Å². The summed E-state index contributed by atoms with van der Waals surface area (Å²) >= 11 is 0. The molecule has 2 aromatic rings. The Bertz CT molecular complexity index is 563. The molecule has 1 aromatic heterocycles. The van der Waals surface area contributed by atoms with E-state index in [9.17, 15) is 0 Å². The zero-order valence-corrected chi connectivity index (χ0v) is 12.2. The zero-order valence-electron chi connectivity index (χ0n) is 12.2. The summed E-state index contributed by atoms with van der Waals surface area (Å²) in [6.45, 7) is 2.66. The average molecular weight is 288 g/mol. The Labute approximate surface area is 124 Å². The van der Waals surface area contributed by atoms with E-state index in [1.54, 1.807) is 13.3 Å². The molecular formula is C16H20N2O3. The molecule has 112 valence electrons. The molecule has 1 aliphatic rings. The molecule has 1 fully saturated rings. The highest BCUT2D eigenvalue weighted by molar-refractivity contribution is 5.68. The first-order chi connectivity index (χ1) is 10.4. The van der Waals surface area contributed by atoms with E-state index in [4.69, 9.17) is 13.9 Å². The largest absolute Gasteiger partial charge is 0.495 e. The predicted octanol–water partition coefficient (Wildman–Crippen LogP) is 3.19. The Morgan fingerprint density at radius 1 is 1.33 bits per heavy atom. The van der Waals surface area contributed by atoms with Gasteiger partial charge in [0, 0.05) is 25.3 Å². The second-order valence-corrected chi connectivity index (χ2v) is 5.22. The third-order valence-electron chi connectivity index (χ3n) is 3.84. The summed E-state index contributed by atoms with van der Waals surface area (Å²) in [4.78, 5) is 3.96. The number of anilines is 1. The van der Waals surface area contributed by atoms with Gasteiger partial charge in [-0.25, -0.2) is 4.98 Å². The number of hydrogen-bond donors (Lipinski definition) is 1. The number of hydrogen-bond acceptors (Lipinski definition) is 5. The molecule has 5 heteroatoms. The van der Waals surface area contributed by atoms with Gasteiger partial charge in [0.2, 0.25) is 0 Å². The van der Waals surface area contributed by atoms with Crippen molar-refractivity contribution in [2.45, 2.75) is 12.8 Å². The fourth-order valence-corrected chi connectivity index (χ4v) is 2.56. The van der Waals surface area contributed by atoms with E-state index in [-0.39, 0.29) is 0 Å². The molecule has 0 amide bonds. The molecule has 0 unspecified atom stereocenters. The first kappa shape index (κ1) is 13.9. The van der Waals surface area contributed by atoms with Gasteiger partial charge in [0.25, 0.3) is 0 Å². The minimum atomic E-state index is 0.650. The summed E-state index contributed by atoms with van der Waals surface area (Å²) in [5.74, 6) is 2.24. The minimum absolute atomic E-state index is 0.650. The van der Waals surface area contributed by atoms with Crippen LogP contribution < -0.4 is 10.1 Å². The fourth-order valence-electron chi connectivity index (χ4n) is 2.56. The smallest absolute Gasteiger partial charge is 0.181 e. The van der Waals surface area contributed by atoms with Crippen LogP contribution in [0.2, 0.25) is 0 Å². The number of nitrogens with one attached hydrogen (secondary N) is 1. The number of methoxy groups -OCH3 is 1. The van der Waals surface area contributed by atoms with Crippen LogP contribution in [0.3, 0.4) is 0 Å². The van der Waals surface area contributed by atoms with Gasteiger partial charge in [0.15, 0.2) is 12.2 Å². The summed E-state index contributed by atoms with van der Waals surface area (Å²) in [6.07, 6.45) is 5.37. The number of aromatic nitrogens is 1. The zero-order chi connectivity index (χ0) is 14.5. The van der Waals surface area contributed by atoms with E-state index in [2.05, 4.69) is 10.3 Å². The maximum absolute atomic E-state index is 5.42. The molecule has 0 aliphatic carbocycles. The van der Waals surface area contributed by atoms with E-state index in [0.29, 0.717) is 5.92 Å². The Morgan fingerprint density at radius 3 is 2.90 bits per heavy atom. The van der Waals surface area contributed by atoms with Crippen molar-refractivity contribution in [2.75, 3.05) is 32.2 Å². The molecule has 0 saturated carbocycles. The third-order valence-corrected chi connectivity index (χ3v) is 3.84. The molecule has 1 aromatic carbocycles. The van der Waals surface area contributed by atoms with Gasteiger partial charge in [0.05, 0.1) is 19.0 Å². The van der Waals surface area contributed by atoms with Gasteiger partial charge >= 0.3 is 0 Å². The van der Waals surface area contributed by atoms with Gasteiger partial charge in [-0.05, 0) is 37.0 Å². The quantitative estimate of drug-likeness (QED) is 0.915. The highest BCUT2D eigenvalue weighted by Gasteiger charge is 2.15. The summed E-state index contributed by atoms with van der Waals surface area (Å²) in [5.41, 5.74) is 1.97. The first-order valence-electron chi connectivity index (χ1n) is 7.25. The van der Waals surface area contributed by atoms with Crippen molar-refractivity contribution in [1.82, 2.24) is 4.98 Å². The normalized spacial score (nSPS) is 15.9. The fraction of sp³-hybridized carbons (Fsp3) is 0.438. The van der Waals surface area contributed by atoms with Crippen LogP contribution in [0.25, 0.3) is 11.3 Å². The van der Waals surface area contributed by atoms with Gasteiger partial charge in [-0.1, -0.05) is 0 Å². The molecule has 2 heterocycles. The van der Waals surface area contributed by atoms with Crippen molar-refractivity contribution in [3.8, 4) is 17.1 Å². The molecule has 0 bridgehead atoms. The number of benzene rings is 1. The van der Waals surface area contributed by atoms with Crippen LogP contribution in [0.15, 0.2) is 35.2 Å². The van der Waals surface area contributed by atoms with Gasteiger partial charge in [0.1, 0.15) is 5.75 Å². The SMILES string of the molecule is COc1ccc(-c2cnco2)cc1NCC1CCOCC1. The predicted molar refractivity (Wildman–Crippen MR) is 80.5 cm³/mol. The van der Waals surface area contributed by atoms with E-state index < -0.39 is 0 Å². The summed E-state index contributed by atoms with van der Waals surface area (Å²) < 4.78 is 16.2. The number of ether oxygens (including phenoxy) is 2. The topological polar surface area (TPSA) is 56.5 Å². The van der Waals surface area contributed by atoms with Crippen LogP contribution in [0.4, 0.5) is 5.69 Å². The van der Waals surface area contributed by atoms with E-state index in [0.717, 1.165) is 55.4 Å². The molecule has 0 radical (unpaired) electrons. The molecular weight excluding hydrogens is 268 g/mol. The van der Waals surface area contributed by atoms with Crippen LogP contribution in [0.5, 0.6) is 5.75 Å². The Balaban J connectivity index is 1.73. The van der Waals surface area contributed by atoms with Crippen LogP contribution in [0.1, 0.15) is 12.8 Å². The lowest BCUT2D eigenvalue weighted by atomic mass is 10.0. The Morgan fingerprint density at radius 2 is 2.19 bits per heavy atom. The van der Waals surface area contributed by atoms with Gasteiger partial charge in [-0.2, -0.15) is 0 Å². The molecule has 5 nitrogen and oxygen atoms in total. The molecule has 3 rings (SSSR count). The van der Waals surface area contributed by atoms with Gasteiger partial charge in [-0.3, -0.25) is 0 Å². The lowest BCUT2D eigenvalue weighted by Crippen LogP contribution is -2.22. The first-order valence-corrected chi connectivity index (χ1v) is 7.25. The maximum atomic E-state index is 5.42. The lowest BCUT2D eigenvalue weighted by Gasteiger charge is -2.23. The highest BCUT2D eigenvalue weighted by Crippen LogP contribution is 2.31. The number of oxazole rings is 1. The van der Waals surface area contributed by atoms with Crippen LogP contribution >= 0.6 is 0 Å². The van der Waals surface area contributed by atoms with Crippen molar-refractivity contribution in [2.24, 2.45) is 5.92 Å². The van der Waals surface area contributed by atoms with Crippen LogP contribution in [0, 0.1) is 5.92 Å². The van der Waals surface area contributed by atoms with Crippen LogP contribution in [-0.4, -0.2) is 31.9 Å². The number of nitrogens with zero attached hydrogens (tertiary/aromatic N) is 1. The second kappa shape index (κ2) is 6.63. The third kappa shape index (κ3) is 3.36.